The molecule has 62 valence electrons. The topological polar surface area (TPSA) is 17.1 Å². The van der Waals surface area contributed by atoms with Crippen LogP contribution in [-0.2, 0) is 4.79 Å². The molecule has 0 aromatic heterocycles. The molecule has 1 saturated carbocycles. The lowest BCUT2D eigenvalue weighted by molar-refractivity contribution is -0.130. The molecule has 2 atom stereocenters. The Morgan fingerprint density at radius 2 is 2.36 bits per heavy atom. The summed E-state index contributed by atoms with van der Waals surface area (Å²) < 4.78 is 0. The van der Waals surface area contributed by atoms with Crippen molar-refractivity contribution in [3.63, 3.8) is 0 Å². The number of rotatable bonds is 1. The van der Waals surface area contributed by atoms with E-state index in [0.29, 0.717) is 11.7 Å². The molecule has 1 rings (SSSR count). The maximum atomic E-state index is 11.5. The number of allylic oxidation sites excluding steroid dienone is 1. The van der Waals surface area contributed by atoms with Crippen molar-refractivity contribution < 1.29 is 4.79 Å². The molecule has 0 heterocycles. The third kappa shape index (κ3) is 1.24. The van der Waals surface area contributed by atoms with Crippen LogP contribution in [0.15, 0.2) is 12.7 Å². The minimum atomic E-state index is -0.238. The highest BCUT2D eigenvalue weighted by Gasteiger charge is 2.37. The Kier molecular flexibility index (Phi) is 2.17. The second kappa shape index (κ2) is 2.80. The molecule has 0 unspecified atom stereocenters. The Hall–Kier alpha value is -0.590. The van der Waals surface area contributed by atoms with Crippen LogP contribution in [0, 0.1) is 11.3 Å². The minimum absolute atomic E-state index is 0.238. The van der Waals surface area contributed by atoms with Crippen molar-refractivity contribution in [3.05, 3.63) is 12.7 Å². The zero-order chi connectivity index (χ0) is 8.48. The average Bonchev–Trinajstić information content (AvgIpc) is 2.00. The maximum absolute atomic E-state index is 11.5. The van der Waals surface area contributed by atoms with Gasteiger partial charge in [-0.2, -0.15) is 0 Å². The fraction of sp³-hybridized carbons (Fsp3) is 0.700. The van der Waals surface area contributed by atoms with Gasteiger partial charge in [-0.15, -0.1) is 6.58 Å². The molecule has 11 heavy (non-hydrogen) atoms. The van der Waals surface area contributed by atoms with E-state index in [1.807, 2.05) is 13.0 Å². The van der Waals surface area contributed by atoms with Crippen LogP contribution in [0.2, 0.25) is 0 Å². The second-order valence-corrected chi connectivity index (χ2v) is 3.70. The smallest absolute Gasteiger partial charge is 0.142 e. The van der Waals surface area contributed by atoms with Crippen LogP contribution in [0.3, 0.4) is 0 Å². The van der Waals surface area contributed by atoms with E-state index in [2.05, 4.69) is 13.5 Å². The van der Waals surface area contributed by atoms with E-state index in [0.717, 1.165) is 19.3 Å². The van der Waals surface area contributed by atoms with Crippen LogP contribution in [0.4, 0.5) is 0 Å². The van der Waals surface area contributed by atoms with E-state index >= 15 is 0 Å². The molecular formula is C10H16O. The van der Waals surface area contributed by atoms with Crippen molar-refractivity contribution in [2.75, 3.05) is 0 Å². The van der Waals surface area contributed by atoms with Gasteiger partial charge in [0.1, 0.15) is 5.78 Å². The first kappa shape index (κ1) is 8.51. The maximum Gasteiger partial charge on any atom is 0.142 e. The Balaban J connectivity index is 2.86. The zero-order valence-electron chi connectivity index (χ0n) is 7.39. The highest BCUT2D eigenvalue weighted by Crippen LogP contribution is 2.38. The van der Waals surface area contributed by atoms with Gasteiger partial charge in [0.2, 0.25) is 0 Å². The highest BCUT2D eigenvalue weighted by atomic mass is 16.1. The minimum Gasteiger partial charge on any atom is -0.299 e. The summed E-state index contributed by atoms with van der Waals surface area (Å²) in [6.07, 6.45) is 4.78. The molecule has 0 bridgehead atoms. The zero-order valence-corrected chi connectivity index (χ0v) is 7.39. The lowest BCUT2D eigenvalue weighted by atomic mass is 9.68. The molecule has 1 aliphatic carbocycles. The molecule has 1 aliphatic rings. The summed E-state index contributed by atoms with van der Waals surface area (Å²) >= 11 is 0. The number of hydrogen-bond donors (Lipinski definition) is 0. The van der Waals surface area contributed by atoms with Crippen molar-refractivity contribution in [2.24, 2.45) is 11.3 Å². The predicted octanol–water partition coefficient (Wildman–Crippen LogP) is 2.57. The van der Waals surface area contributed by atoms with Crippen LogP contribution in [0.1, 0.15) is 33.1 Å². The molecule has 0 radical (unpaired) electrons. The standard InChI is InChI=1S/C10H16O/c1-4-10(3)8(2)6-5-7-9(10)11/h4,8H,1,5-7H2,2-3H3/t8-,10+/m0/s1. The van der Waals surface area contributed by atoms with E-state index in [4.69, 9.17) is 0 Å². The summed E-state index contributed by atoms with van der Waals surface area (Å²) in [5.41, 5.74) is -0.238. The molecule has 0 aromatic rings. The Morgan fingerprint density at radius 3 is 2.73 bits per heavy atom. The molecule has 1 fully saturated rings. The van der Waals surface area contributed by atoms with Gasteiger partial charge in [0, 0.05) is 11.8 Å². The van der Waals surface area contributed by atoms with Gasteiger partial charge >= 0.3 is 0 Å². The van der Waals surface area contributed by atoms with Crippen LogP contribution in [0.5, 0.6) is 0 Å². The number of carbonyl (C=O) groups is 1. The van der Waals surface area contributed by atoms with Gasteiger partial charge in [-0.25, -0.2) is 0 Å². The lowest BCUT2D eigenvalue weighted by Crippen LogP contribution is -2.35. The van der Waals surface area contributed by atoms with Gasteiger partial charge in [-0.1, -0.05) is 13.0 Å². The normalized spacial score (nSPS) is 38.7. The lowest BCUT2D eigenvalue weighted by Gasteiger charge is -2.35. The predicted molar refractivity (Wildman–Crippen MR) is 46.3 cm³/mol. The second-order valence-electron chi connectivity index (χ2n) is 3.70. The van der Waals surface area contributed by atoms with Crippen LogP contribution in [-0.4, -0.2) is 5.78 Å². The number of ketones is 1. The van der Waals surface area contributed by atoms with Crippen molar-refractivity contribution in [1.29, 1.82) is 0 Å². The molecule has 0 spiro atoms. The van der Waals surface area contributed by atoms with E-state index in [1.54, 1.807) is 0 Å². The Bertz CT molecular complexity index is 183. The van der Waals surface area contributed by atoms with Crippen molar-refractivity contribution in [1.82, 2.24) is 0 Å². The first-order valence-corrected chi connectivity index (χ1v) is 4.28. The van der Waals surface area contributed by atoms with Crippen molar-refractivity contribution in [2.45, 2.75) is 33.1 Å². The van der Waals surface area contributed by atoms with Crippen molar-refractivity contribution in [3.8, 4) is 0 Å². The van der Waals surface area contributed by atoms with Crippen LogP contribution in [0.25, 0.3) is 0 Å². The summed E-state index contributed by atoms with van der Waals surface area (Å²) in [4.78, 5) is 11.5. The highest BCUT2D eigenvalue weighted by molar-refractivity contribution is 5.87. The third-order valence-corrected chi connectivity index (χ3v) is 3.09. The number of Topliss-reactive ketones (excluding diaryl/α,β-unsaturated/α-hetero) is 1. The molecule has 0 amide bonds. The molecule has 1 nitrogen and oxygen atoms in total. The third-order valence-electron chi connectivity index (χ3n) is 3.09. The summed E-state index contributed by atoms with van der Waals surface area (Å²) in [5.74, 6) is 0.840. The van der Waals surface area contributed by atoms with Gasteiger partial charge < -0.3 is 0 Å². The quantitative estimate of drug-likeness (QED) is 0.528. The van der Waals surface area contributed by atoms with E-state index in [-0.39, 0.29) is 5.41 Å². The van der Waals surface area contributed by atoms with E-state index in [9.17, 15) is 4.79 Å². The monoisotopic (exact) mass is 152 g/mol. The van der Waals surface area contributed by atoms with Gasteiger partial charge in [-0.05, 0) is 25.7 Å². The van der Waals surface area contributed by atoms with Crippen LogP contribution < -0.4 is 0 Å². The van der Waals surface area contributed by atoms with E-state index in [1.165, 1.54) is 0 Å². The fourth-order valence-corrected chi connectivity index (χ4v) is 1.73. The molecule has 1 heteroatoms. The number of hydrogen-bond acceptors (Lipinski definition) is 1. The van der Waals surface area contributed by atoms with Gasteiger partial charge in [0.05, 0.1) is 0 Å². The summed E-state index contributed by atoms with van der Waals surface area (Å²) in [5, 5.41) is 0. The molecule has 0 N–H and O–H groups in total. The molecular weight excluding hydrogens is 136 g/mol. The van der Waals surface area contributed by atoms with E-state index < -0.39 is 0 Å². The first-order chi connectivity index (χ1) is 5.11. The first-order valence-electron chi connectivity index (χ1n) is 4.28. The van der Waals surface area contributed by atoms with Gasteiger partial charge in [0.25, 0.3) is 0 Å². The number of carbonyl (C=O) groups excluding carboxylic acids is 1. The summed E-state index contributed by atoms with van der Waals surface area (Å²) in [6, 6.07) is 0. The Morgan fingerprint density at radius 1 is 1.73 bits per heavy atom. The average molecular weight is 152 g/mol. The largest absolute Gasteiger partial charge is 0.299 e. The Labute approximate surface area is 68.5 Å². The fourth-order valence-electron chi connectivity index (χ4n) is 1.73. The van der Waals surface area contributed by atoms with Crippen LogP contribution >= 0.6 is 0 Å². The molecule has 0 aromatic carbocycles. The van der Waals surface area contributed by atoms with Gasteiger partial charge in [-0.3, -0.25) is 4.79 Å². The van der Waals surface area contributed by atoms with Gasteiger partial charge in [0.15, 0.2) is 0 Å². The molecule has 0 saturated heterocycles. The SMILES string of the molecule is C=C[C@@]1(C)C(=O)CCC[C@@H]1C. The summed E-state index contributed by atoms with van der Waals surface area (Å²) in [7, 11) is 0. The van der Waals surface area contributed by atoms with Crippen molar-refractivity contribution >= 4 is 5.78 Å². The summed E-state index contributed by atoms with van der Waals surface area (Å²) in [6.45, 7) is 7.88. The molecule has 0 aliphatic heterocycles.